The average Bonchev–Trinajstić information content (AvgIpc) is 2.99. The highest BCUT2D eigenvalue weighted by Crippen LogP contribution is 2.35. The molecule has 242 valence electrons. The van der Waals surface area contributed by atoms with E-state index in [2.05, 4.69) is 23.7 Å². The minimum absolute atomic E-state index is 0.0286. The molecule has 1 heterocycles. The predicted octanol–water partition coefficient (Wildman–Crippen LogP) is 4.34. The van der Waals surface area contributed by atoms with E-state index in [1.165, 1.54) is 4.90 Å². The van der Waals surface area contributed by atoms with Crippen LogP contribution < -0.4 is 10.5 Å². The average molecular weight is 630 g/mol. The lowest BCUT2D eigenvalue weighted by molar-refractivity contribution is -0.134. The minimum Gasteiger partial charge on any atom is -0.450 e. The maximum atomic E-state index is 14.4. The lowest BCUT2D eigenvalue weighted by Gasteiger charge is -2.36. The molecule has 2 aromatic carbocycles. The van der Waals surface area contributed by atoms with Crippen molar-refractivity contribution in [2.45, 2.75) is 83.6 Å². The number of nitrogens with one attached hydrogen (secondary N) is 1. The number of ether oxygens (including phenoxy) is 1. The summed E-state index contributed by atoms with van der Waals surface area (Å²) in [4.78, 5) is 29.6. The molecule has 1 atom stereocenters. The van der Waals surface area contributed by atoms with Gasteiger partial charge < -0.3 is 25.5 Å². The van der Waals surface area contributed by atoms with Gasteiger partial charge in [-0.3, -0.25) is 4.79 Å². The van der Waals surface area contributed by atoms with Crippen LogP contribution in [0.25, 0.3) is 0 Å². The molecule has 1 aliphatic heterocycles. The highest BCUT2D eigenvalue weighted by Gasteiger charge is 2.35. The molecule has 1 saturated heterocycles. The molecule has 12 heteroatoms. The van der Waals surface area contributed by atoms with Crippen LogP contribution in [0.4, 0.5) is 4.79 Å². The Kier molecular flexibility index (Phi) is 11.8. The number of amidine groups is 1. The number of nitrogens with two attached hydrogens (primary N) is 1. The lowest BCUT2D eigenvalue weighted by Crippen LogP contribution is -2.56. The van der Waals surface area contributed by atoms with E-state index in [0.717, 1.165) is 5.56 Å². The second-order valence-corrected chi connectivity index (χ2v) is 13.7. The fraction of sp³-hybridized carbons (Fsp3) is 0.531. The second kappa shape index (κ2) is 14.9. The fourth-order valence-electron chi connectivity index (χ4n) is 5.32. The van der Waals surface area contributed by atoms with E-state index in [1.54, 1.807) is 36.1 Å². The van der Waals surface area contributed by atoms with Crippen molar-refractivity contribution in [3.05, 3.63) is 64.2 Å². The normalized spacial score (nSPS) is 15.3. The van der Waals surface area contributed by atoms with Crippen molar-refractivity contribution in [1.82, 2.24) is 14.5 Å². The van der Waals surface area contributed by atoms with Crippen LogP contribution in [0, 0.1) is 0 Å². The Morgan fingerprint density at radius 1 is 0.955 bits per heavy atom. The quantitative estimate of drug-likeness (QED) is 0.145. The molecule has 0 bridgehead atoms. The summed E-state index contributed by atoms with van der Waals surface area (Å²) in [7, 11) is -4.19. The van der Waals surface area contributed by atoms with Crippen LogP contribution in [0.15, 0.2) is 46.4 Å². The van der Waals surface area contributed by atoms with Crippen molar-refractivity contribution in [2.75, 3.05) is 32.8 Å². The van der Waals surface area contributed by atoms with E-state index in [-0.39, 0.29) is 67.7 Å². The molecule has 3 rings (SSSR count). The summed E-state index contributed by atoms with van der Waals surface area (Å²) in [5, 5.41) is 12.2. The van der Waals surface area contributed by atoms with Gasteiger partial charge in [-0.05, 0) is 59.4 Å². The van der Waals surface area contributed by atoms with Gasteiger partial charge in [0, 0.05) is 31.7 Å². The van der Waals surface area contributed by atoms with Gasteiger partial charge in [-0.2, -0.15) is 4.72 Å². The number of sulfonamides is 1. The number of piperazine rings is 1. The smallest absolute Gasteiger partial charge is 0.409 e. The van der Waals surface area contributed by atoms with Crippen molar-refractivity contribution < 1.29 is 28.0 Å². The van der Waals surface area contributed by atoms with Gasteiger partial charge >= 0.3 is 6.09 Å². The number of carbonyl (C=O) groups is 2. The Morgan fingerprint density at radius 3 is 2.02 bits per heavy atom. The van der Waals surface area contributed by atoms with Crippen LogP contribution in [0.5, 0.6) is 0 Å². The monoisotopic (exact) mass is 629 g/mol. The third-order valence-electron chi connectivity index (χ3n) is 7.83. The number of benzene rings is 2. The van der Waals surface area contributed by atoms with Crippen molar-refractivity contribution in [2.24, 2.45) is 10.9 Å². The molecule has 2 aromatic rings. The standard InChI is InChI=1S/C32H47N5O6S/c1-8-43-32(39)37-14-12-36(13-15-37)31(38)28(17-23-10-9-11-24(16-23)30(33)34-40)35-44(41,42)29-26(21(4)5)18-25(20(2)3)19-27(29)22(6)7/h9-11,16,18-22,28,35,40H,8,12-15,17H2,1-7H3,(H2,33,34)/t28-/m1/s1. The Balaban J connectivity index is 2.05. The highest BCUT2D eigenvalue weighted by molar-refractivity contribution is 7.89. The maximum absolute atomic E-state index is 14.4. The zero-order valence-corrected chi connectivity index (χ0v) is 27.6. The number of amides is 2. The zero-order chi connectivity index (χ0) is 32.8. The Morgan fingerprint density at radius 2 is 1.52 bits per heavy atom. The second-order valence-electron chi connectivity index (χ2n) is 12.1. The van der Waals surface area contributed by atoms with Crippen LogP contribution in [0.3, 0.4) is 0 Å². The number of nitrogens with zero attached hydrogens (tertiary/aromatic N) is 3. The Bertz CT molecular complexity index is 1430. The highest BCUT2D eigenvalue weighted by atomic mass is 32.2. The molecule has 11 nitrogen and oxygen atoms in total. The maximum Gasteiger partial charge on any atom is 0.409 e. The number of hydrogen-bond acceptors (Lipinski definition) is 7. The molecule has 44 heavy (non-hydrogen) atoms. The minimum atomic E-state index is -4.19. The predicted molar refractivity (Wildman–Crippen MR) is 171 cm³/mol. The van der Waals surface area contributed by atoms with E-state index in [9.17, 15) is 18.0 Å². The fourth-order valence-corrected chi connectivity index (χ4v) is 7.21. The van der Waals surface area contributed by atoms with Gasteiger partial charge in [0.05, 0.1) is 11.5 Å². The Labute approximate surface area is 261 Å². The van der Waals surface area contributed by atoms with Gasteiger partial charge in [-0.15, -0.1) is 0 Å². The lowest BCUT2D eigenvalue weighted by atomic mass is 9.89. The van der Waals surface area contributed by atoms with Gasteiger partial charge in [0.2, 0.25) is 15.9 Å². The molecule has 0 aromatic heterocycles. The third kappa shape index (κ3) is 8.29. The summed E-state index contributed by atoms with van der Waals surface area (Å²) in [6, 6.07) is 9.56. The van der Waals surface area contributed by atoms with E-state index in [4.69, 9.17) is 15.7 Å². The first-order valence-corrected chi connectivity index (χ1v) is 16.7. The Hall–Kier alpha value is -3.64. The van der Waals surface area contributed by atoms with Crippen LogP contribution >= 0.6 is 0 Å². The molecule has 0 radical (unpaired) electrons. The molecular formula is C32H47N5O6S. The molecule has 2 amide bonds. The van der Waals surface area contributed by atoms with Crippen molar-refractivity contribution in [1.29, 1.82) is 0 Å². The molecular weight excluding hydrogens is 582 g/mol. The van der Waals surface area contributed by atoms with Gasteiger partial charge in [-0.1, -0.05) is 77.0 Å². The molecule has 0 spiro atoms. The van der Waals surface area contributed by atoms with Gasteiger partial charge in [0.25, 0.3) is 0 Å². The summed E-state index contributed by atoms with van der Waals surface area (Å²) in [5.74, 6) is -0.457. The summed E-state index contributed by atoms with van der Waals surface area (Å²) in [6.45, 7) is 15.0. The zero-order valence-electron chi connectivity index (χ0n) is 26.8. The first-order chi connectivity index (χ1) is 20.7. The largest absolute Gasteiger partial charge is 0.450 e. The van der Waals surface area contributed by atoms with Gasteiger partial charge in [-0.25, -0.2) is 13.2 Å². The van der Waals surface area contributed by atoms with Crippen LogP contribution in [-0.4, -0.2) is 80.1 Å². The molecule has 4 N–H and O–H groups in total. The molecule has 0 saturated carbocycles. The first kappa shape index (κ1) is 34.8. The number of oxime groups is 1. The molecule has 0 unspecified atom stereocenters. The summed E-state index contributed by atoms with van der Waals surface area (Å²) >= 11 is 0. The number of rotatable bonds is 11. The number of hydrogen-bond donors (Lipinski definition) is 3. The number of carbonyl (C=O) groups excluding carboxylic acids is 2. The van der Waals surface area contributed by atoms with Gasteiger partial charge in [0.15, 0.2) is 5.84 Å². The molecule has 1 fully saturated rings. The summed E-state index contributed by atoms with van der Waals surface area (Å²) in [6.07, 6.45) is -0.412. The summed E-state index contributed by atoms with van der Waals surface area (Å²) in [5.41, 5.74) is 9.34. The van der Waals surface area contributed by atoms with Crippen molar-refractivity contribution in [3.63, 3.8) is 0 Å². The van der Waals surface area contributed by atoms with Gasteiger partial charge in [0.1, 0.15) is 6.04 Å². The van der Waals surface area contributed by atoms with Crippen molar-refractivity contribution in [3.8, 4) is 0 Å². The first-order valence-electron chi connectivity index (χ1n) is 15.2. The molecule has 1 aliphatic rings. The van der Waals surface area contributed by atoms with Crippen LogP contribution in [-0.2, 0) is 26.0 Å². The molecule has 0 aliphatic carbocycles. The SMILES string of the molecule is CCOC(=O)N1CCN(C(=O)[C@@H](Cc2cccc(/C(N)=N\O)c2)NS(=O)(=O)c2c(C(C)C)cc(C(C)C)cc2C(C)C)CC1. The van der Waals surface area contributed by atoms with Crippen molar-refractivity contribution >= 4 is 27.9 Å². The van der Waals surface area contributed by atoms with E-state index in [1.807, 2.05) is 39.8 Å². The summed E-state index contributed by atoms with van der Waals surface area (Å²) < 4.78 is 36.6. The van der Waals surface area contributed by atoms with E-state index in [0.29, 0.717) is 22.3 Å². The van der Waals surface area contributed by atoms with E-state index >= 15 is 0 Å². The van der Waals surface area contributed by atoms with E-state index < -0.39 is 28.1 Å². The topological polar surface area (TPSA) is 155 Å². The van der Waals surface area contributed by atoms with Crippen LogP contribution in [0.2, 0.25) is 0 Å². The third-order valence-corrected chi connectivity index (χ3v) is 9.43. The van der Waals surface area contributed by atoms with Crippen LogP contribution in [0.1, 0.15) is 94.0 Å².